The zero-order valence-electron chi connectivity index (χ0n) is 17.3. The molecule has 150 valence electrons. The fraction of sp³-hybridized carbons (Fsp3) is 0.458. The number of hydrogen-bond donors (Lipinski definition) is 1. The SMILES string of the molecule is Cc1ccccc1CN1CCC(C(=O)NCCOc2cccc(C)c2C)CC1. The van der Waals surface area contributed by atoms with Crippen molar-refractivity contribution in [2.24, 2.45) is 5.92 Å². The Morgan fingerprint density at radius 3 is 2.50 bits per heavy atom. The van der Waals surface area contributed by atoms with Gasteiger partial charge in [-0.2, -0.15) is 0 Å². The molecule has 0 unspecified atom stereocenters. The molecule has 0 atom stereocenters. The van der Waals surface area contributed by atoms with Crippen LogP contribution in [0.15, 0.2) is 42.5 Å². The number of rotatable bonds is 7. The van der Waals surface area contributed by atoms with Gasteiger partial charge in [0, 0.05) is 12.5 Å². The summed E-state index contributed by atoms with van der Waals surface area (Å²) in [5, 5.41) is 3.05. The standard InChI is InChI=1S/C24H32N2O2/c1-18-8-6-10-23(20(18)3)28-16-13-25-24(27)21-11-14-26(15-12-21)17-22-9-5-4-7-19(22)2/h4-10,21H,11-17H2,1-3H3,(H,25,27). The fourth-order valence-electron chi connectivity index (χ4n) is 3.74. The van der Waals surface area contributed by atoms with Gasteiger partial charge in [-0.05, 0) is 75.0 Å². The van der Waals surface area contributed by atoms with Crippen LogP contribution < -0.4 is 10.1 Å². The lowest BCUT2D eigenvalue weighted by Gasteiger charge is -2.31. The summed E-state index contributed by atoms with van der Waals surface area (Å²) in [6, 6.07) is 14.6. The van der Waals surface area contributed by atoms with Gasteiger partial charge in [0.2, 0.25) is 5.91 Å². The second-order valence-corrected chi connectivity index (χ2v) is 7.81. The highest BCUT2D eigenvalue weighted by atomic mass is 16.5. The van der Waals surface area contributed by atoms with Crippen molar-refractivity contribution < 1.29 is 9.53 Å². The van der Waals surface area contributed by atoms with Crippen LogP contribution in [0.2, 0.25) is 0 Å². The van der Waals surface area contributed by atoms with Gasteiger partial charge in [0.25, 0.3) is 0 Å². The summed E-state index contributed by atoms with van der Waals surface area (Å²) in [5.41, 5.74) is 5.11. The quantitative estimate of drug-likeness (QED) is 0.738. The Kier molecular flexibility index (Phi) is 7.10. The summed E-state index contributed by atoms with van der Waals surface area (Å²) in [4.78, 5) is 14.9. The predicted molar refractivity (Wildman–Crippen MR) is 114 cm³/mol. The first-order valence-electron chi connectivity index (χ1n) is 10.3. The Balaban J connectivity index is 1.37. The molecule has 28 heavy (non-hydrogen) atoms. The first-order chi connectivity index (χ1) is 13.5. The third-order valence-corrected chi connectivity index (χ3v) is 5.83. The molecule has 1 aliphatic heterocycles. The Bertz CT molecular complexity index is 795. The molecule has 2 aromatic rings. The third kappa shape index (κ3) is 5.35. The van der Waals surface area contributed by atoms with Crippen molar-refractivity contribution in [3.05, 3.63) is 64.7 Å². The first-order valence-corrected chi connectivity index (χ1v) is 10.3. The van der Waals surface area contributed by atoms with E-state index in [1.54, 1.807) is 0 Å². The summed E-state index contributed by atoms with van der Waals surface area (Å²) >= 11 is 0. The van der Waals surface area contributed by atoms with Crippen molar-refractivity contribution in [2.75, 3.05) is 26.2 Å². The predicted octanol–water partition coefficient (Wildman–Crippen LogP) is 4.02. The number of benzene rings is 2. The highest BCUT2D eigenvalue weighted by molar-refractivity contribution is 5.78. The van der Waals surface area contributed by atoms with Crippen LogP contribution in [0.4, 0.5) is 0 Å². The maximum Gasteiger partial charge on any atom is 0.223 e. The lowest BCUT2D eigenvalue weighted by molar-refractivity contribution is -0.126. The third-order valence-electron chi connectivity index (χ3n) is 5.83. The van der Waals surface area contributed by atoms with Crippen LogP contribution in [0.5, 0.6) is 5.75 Å². The zero-order valence-corrected chi connectivity index (χ0v) is 17.3. The number of ether oxygens (including phenoxy) is 1. The van der Waals surface area contributed by atoms with Gasteiger partial charge in [-0.1, -0.05) is 36.4 Å². The molecule has 1 N–H and O–H groups in total. The Hall–Kier alpha value is -2.33. The van der Waals surface area contributed by atoms with E-state index in [0.29, 0.717) is 13.2 Å². The van der Waals surface area contributed by atoms with Crippen molar-refractivity contribution in [3.63, 3.8) is 0 Å². The van der Waals surface area contributed by atoms with Crippen molar-refractivity contribution in [3.8, 4) is 5.75 Å². The Labute approximate surface area is 168 Å². The summed E-state index contributed by atoms with van der Waals surface area (Å²) < 4.78 is 5.83. The maximum absolute atomic E-state index is 12.5. The Morgan fingerprint density at radius 2 is 1.75 bits per heavy atom. The van der Waals surface area contributed by atoms with E-state index < -0.39 is 0 Å². The lowest BCUT2D eigenvalue weighted by Crippen LogP contribution is -2.41. The smallest absolute Gasteiger partial charge is 0.223 e. The van der Waals surface area contributed by atoms with E-state index >= 15 is 0 Å². The normalized spacial score (nSPS) is 15.4. The second kappa shape index (κ2) is 9.74. The molecular formula is C24H32N2O2. The van der Waals surface area contributed by atoms with E-state index in [9.17, 15) is 4.79 Å². The van der Waals surface area contributed by atoms with Gasteiger partial charge < -0.3 is 10.1 Å². The molecule has 1 fully saturated rings. The van der Waals surface area contributed by atoms with Crippen molar-refractivity contribution in [1.82, 2.24) is 10.2 Å². The molecule has 1 amide bonds. The Morgan fingerprint density at radius 1 is 1.04 bits per heavy atom. The van der Waals surface area contributed by atoms with Gasteiger partial charge in [-0.15, -0.1) is 0 Å². The van der Waals surface area contributed by atoms with Crippen LogP contribution in [0.25, 0.3) is 0 Å². The number of hydrogen-bond acceptors (Lipinski definition) is 3. The van der Waals surface area contributed by atoms with Gasteiger partial charge in [-0.3, -0.25) is 9.69 Å². The van der Waals surface area contributed by atoms with E-state index in [2.05, 4.69) is 61.3 Å². The van der Waals surface area contributed by atoms with Crippen LogP contribution in [0.3, 0.4) is 0 Å². The molecule has 4 nitrogen and oxygen atoms in total. The number of carbonyl (C=O) groups excluding carboxylic acids is 1. The van der Waals surface area contributed by atoms with Gasteiger partial charge in [0.05, 0.1) is 6.54 Å². The molecule has 0 spiro atoms. The van der Waals surface area contributed by atoms with Crippen LogP contribution in [0.1, 0.15) is 35.1 Å². The topological polar surface area (TPSA) is 41.6 Å². The average molecular weight is 381 g/mol. The molecule has 1 aliphatic rings. The summed E-state index contributed by atoms with van der Waals surface area (Å²) in [6.45, 7) is 10.3. The summed E-state index contributed by atoms with van der Waals surface area (Å²) in [6.07, 6.45) is 1.85. The number of nitrogens with zero attached hydrogens (tertiary/aromatic N) is 1. The molecule has 1 heterocycles. The first kappa shape index (κ1) is 20.4. The number of nitrogens with one attached hydrogen (secondary N) is 1. The van der Waals surface area contributed by atoms with E-state index in [0.717, 1.165) is 43.8 Å². The molecule has 1 saturated heterocycles. The van der Waals surface area contributed by atoms with Gasteiger partial charge in [0.1, 0.15) is 12.4 Å². The molecule has 0 radical (unpaired) electrons. The van der Waals surface area contributed by atoms with Gasteiger partial charge >= 0.3 is 0 Å². The molecule has 0 saturated carbocycles. The molecule has 4 heteroatoms. The van der Waals surface area contributed by atoms with Crippen molar-refractivity contribution in [2.45, 2.75) is 40.2 Å². The fourth-order valence-corrected chi connectivity index (χ4v) is 3.74. The molecular weight excluding hydrogens is 348 g/mol. The minimum Gasteiger partial charge on any atom is -0.491 e. The zero-order chi connectivity index (χ0) is 19.9. The number of carbonyl (C=O) groups is 1. The van der Waals surface area contributed by atoms with Crippen LogP contribution >= 0.6 is 0 Å². The maximum atomic E-state index is 12.5. The number of piperidine rings is 1. The molecule has 0 aliphatic carbocycles. The molecule has 0 bridgehead atoms. The monoisotopic (exact) mass is 380 g/mol. The summed E-state index contributed by atoms with van der Waals surface area (Å²) in [5.74, 6) is 1.19. The van der Waals surface area contributed by atoms with Crippen molar-refractivity contribution in [1.29, 1.82) is 0 Å². The second-order valence-electron chi connectivity index (χ2n) is 7.81. The van der Waals surface area contributed by atoms with E-state index in [-0.39, 0.29) is 11.8 Å². The number of amides is 1. The van der Waals surface area contributed by atoms with Crippen LogP contribution in [0, 0.1) is 26.7 Å². The van der Waals surface area contributed by atoms with Crippen LogP contribution in [-0.4, -0.2) is 37.0 Å². The lowest BCUT2D eigenvalue weighted by atomic mass is 9.95. The van der Waals surface area contributed by atoms with E-state index in [1.807, 2.05) is 12.1 Å². The van der Waals surface area contributed by atoms with E-state index in [1.165, 1.54) is 16.7 Å². The molecule has 3 rings (SSSR count). The average Bonchev–Trinajstić information content (AvgIpc) is 2.70. The number of aryl methyl sites for hydroxylation is 2. The van der Waals surface area contributed by atoms with Crippen LogP contribution in [-0.2, 0) is 11.3 Å². The summed E-state index contributed by atoms with van der Waals surface area (Å²) in [7, 11) is 0. The number of likely N-dealkylation sites (tertiary alicyclic amines) is 1. The molecule has 2 aromatic carbocycles. The highest BCUT2D eigenvalue weighted by Crippen LogP contribution is 2.21. The largest absolute Gasteiger partial charge is 0.491 e. The van der Waals surface area contributed by atoms with Gasteiger partial charge in [-0.25, -0.2) is 0 Å². The minimum atomic E-state index is 0.119. The highest BCUT2D eigenvalue weighted by Gasteiger charge is 2.24. The van der Waals surface area contributed by atoms with Crippen molar-refractivity contribution >= 4 is 5.91 Å². The molecule has 0 aromatic heterocycles. The van der Waals surface area contributed by atoms with Gasteiger partial charge in [0.15, 0.2) is 0 Å². The minimum absolute atomic E-state index is 0.119. The van der Waals surface area contributed by atoms with E-state index in [4.69, 9.17) is 4.74 Å².